The van der Waals surface area contributed by atoms with Crippen molar-refractivity contribution in [3.05, 3.63) is 33.6 Å². The molecule has 0 unspecified atom stereocenters. The quantitative estimate of drug-likeness (QED) is 0.608. The minimum absolute atomic E-state index is 0.0367. The second-order valence-corrected chi connectivity index (χ2v) is 4.31. The van der Waals surface area contributed by atoms with Crippen molar-refractivity contribution in [3.63, 3.8) is 0 Å². The smallest absolute Gasteiger partial charge is 0.297 e. The molecule has 0 aliphatic carbocycles. The van der Waals surface area contributed by atoms with Gasteiger partial charge >= 0.3 is 0 Å². The van der Waals surface area contributed by atoms with Crippen molar-refractivity contribution in [1.82, 2.24) is 14.5 Å². The Morgan fingerprint density at radius 1 is 1.53 bits per heavy atom. The number of rotatable bonds is 2. The number of carbonyl (C=O) groups is 1. The Hall–Kier alpha value is -2.44. The van der Waals surface area contributed by atoms with Crippen LogP contribution < -0.4 is 0 Å². The average molecular weight is 265 g/mol. The van der Waals surface area contributed by atoms with Crippen molar-refractivity contribution in [1.29, 1.82) is 0 Å². The number of imidazole rings is 1. The lowest BCUT2D eigenvalue weighted by atomic mass is 10.1. The summed E-state index contributed by atoms with van der Waals surface area (Å²) in [6.07, 6.45) is 0. The Morgan fingerprint density at radius 2 is 2.21 bits per heavy atom. The van der Waals surface area contributed by atoms with Gasteiger partial charge in [-0.25, -0.2) is 4.98 Å². The molecule has 19 heavy (non-hydrogen) atoms. The molecule has 0 fully saturated rings. The van der Waals surface area contributed by atoms with Gasteiger partial charge in [-0.1, -0.05) is 0 Å². The van der Waals surface area contributed by atoms with Crippen LogP contribution in [0.3, 0.4) is 0 Å². The summed E-state index contributed by atoms with van der Waals surface area (Å²) in [5.74, 6) is -0.339. The Kier molecular flexibility index (Phi) is 2.17. The molecule has 0 radical (unpaired) electrons. The minimum Gasteiger partial charge on any atom is -0.345 e. The normalized spacial score (nSPS) is 13.7. The molecule has 1 aromatic heterocycles. The zero-order valence-electron chi connectivity index (χ0n) is 13.7. The zero-order valence-corrected chi connectivity index (χ0v) is 10.7. The first-order valence-corrected chi connectivity index (χ1v) is 5.43. The molecular weight excluding hydrogens is 248 g/mol. The fourth-order valence-electron chi connectivity index (χ4n) is 1.80. The molecule has 0 saturated heterocycles. The summed E-state index contributed by atoms with van der Waals surface area (Å²) >= 11 is 0. The van der Waals surface area contributed by atoms with Crippen LogP contribution in [-0.2, 0) is 6.98 Å². The van der Waals surface area contributed by atoms with Crippen molar-refractivity contribution in [2.75, 3.05) is 14.1 Å². The van der Waals surface area contributed by atoms with Gasteiger partial charge in [-0.3, -0.25) is 14.9 Å². The molecule has 2 aromatic rings. The van der Waals surface area contributed by atoms with Crippen molar-refractivity contribution in [2.45, 2.75) is 6.92 Å². The van der Waals surface area contributed by atoms with Gasteiger partial charge in [0.15, 0.2) is 5.52 Å². The van der Waals surface area contributed by atoms with Gasteiger partial charge in [-0.15, -0.1) is 0 Å². The molecule has 1 heterocycles. The molecule has 0 aliphatic rings. The van der Waals surface area contributed by atoms with Gasteiger partial charge in [0.2, 0.25) is 0 Å². The fourth-order valence-corrected chi connectivity index (χ4v) is 1.80. The van der Waals surface area contributed by atoms with Crippen LogP contribution in [0.2, 0.25) is 0 Å². The summed E-state index contributed by atoms with van der Waals surface area (Å²) in [5.41, 5.74) is -0.366. The van der Waals surface area contributed by atoms with E-state index in [-0.39, 0.29) is 22.4 Å². The van der Waals surface area contributed by atoms with Crippen LogP contribution in [-0.4, -0.2) is 39.4 Å². The van der Waals surface area contributed by atoms with Crippen molar-refractivity contribution < 1.29 is 13.8 Å². The molecule has 0 bridgehead atoms. The number of non-ortho nitro benzene ring substituents is 1. The summed E-state index contributed by atoms with van der Waals surface area (Å²) in [6.45, 7) is -1.10. The van der Waals surface area contributed by atoms with E-state index < -0.39 is 23.5 Å². The maximum Gasteiger partial charge on any atom is 0.297 e. The van der Waals surface area contributed by atoms with Gasteiger partial charge in [0.1, 0.15) is 5.82 Å². The maximum atomic E-state index is 12.1. The van der Waals surface area contributed by atoms with E-state index in [1.807, 2.05) is 0 Å². The predicted octanol–water partition coefficient (Wildman–Crippen LogP) is 1.49. The monoisotopic (exact) mass is 265 g/mol. The number of hydrogen-bond donors (Lipinski definition) is 0. The summed E-state index contributed by atoms with van der Waals surface area (Å²) in [4.78, 5) is 27.8. The highest BCUT2D eigenvalue weighted by molar-refractivity contribution is 6.00. The van der Waals surface area contributed by atoms with Crippen LogP contribution in [0.1, 0.15) is 20.3 Å². The SMILES string of the molecule is [2H]C([2H])([2H])n1c(C)nc2c([N+](=O)[O-])cc(C(=O)N(C)C)cc21. The number of aryl methyl sites for hydroxylation is 2. The molecule has 100 valence electrons. The summed E-state index contributed by atoms with van der Waals surface area (Å²) in [6, 6.07) is 2.43. The van der Waals surface area contributed by atoms with Crippen molar-refractivity contribution in [3.8, 4) is 0 Å². The van der Waals surface area contributed by atoms with E-state index in [0.717, 1.165) is 10.6 Å². The van der Waals surface area contributed by atoms with E-state index in [0.29, 0.717) is 0 Å². The predicted molar refractivity (Wildman–Crippen MR) is 70.1 cm³/mol. The second kappa shape index (κ2) is 4.34. The van der Waals surface area contributed by atoms with E-state index in [1.165, 1.54) is 32.0 Å². The van der Waals surface area contributed by atoms with Crippen molar-refractivity contribution in [2.24, 2.45) is 6.98 Å². The molecule has 0 saturated carbocycles. The second-order valence-electron chi connectivity index (χ2n) is 4.31. The fraction of sp³-hybridized carbons (Fsp3) is 0.333. The van der Waals surface area contributed by atoms with Crippen LogP contribution >= 0.6 is 0 Å². The summed E-state index contributed by atoms with van der Waals surface area (Å²) < 4.78 is 23.5. The number of nitro benzene ring substituents is 1. The number of hydrogen-bond acceptors (Lipinski definition) is 4. The number of nitro groups is 1. The lowest BCUT2D eigenvalue weighted by molar-refractivity contribution is -0.383. The third kappa shape index (κ3) is 2.03. The molecule has 2 rings (SSSR count). The third-order valence-electron chi connectivity index (χ3n) is 2.76. The molecular formula is C12H14N4O3. The largest absolute Gasteiger partial charge is 0.345 e. The van der Waals surface area contributed by atoms with Gasteiger partial charge in [-0.05, 0) is 13.0 Å². The number of aromatic nitrogens is 2. The van der Waals surface area contributed by atoms with E-state index in [9.17, 15) is 14.9 Å². The Bertz CT molecular complexity index is 780. The number of carbonyl (C=O) groups excluding carboxylic acids is 1. The highest BCUT2D eigenvalue weighted by Gasteiger charge is 2.22. The minimum atomic E-state index is -2.55. The van der Waals surface area contributed by atoms with E-state index >= 15 is 0 Å². The first-order valence-electron chi connectivity index (χ1n) is 6.93. The Morgan fingerprint density at radius 3 is 2.74 bits per heavy atom. The Labute approximate surface area is 113 Å². The van der Waals surface area contributed by atoms with Crippen LogP contribution in [0.5, 0.6) is 0 Å². The first-order chi connectivity index (χ1) is 10.0. The van der Waals surface area contributed by atoms with E-state index in [4.69, 9.17) is 4.11 Å². The lowest BCUT2D eigenvalue weighted by Gasteiger charge is -2.10. The van der Waals surface area contributed by atoms with Crippen molar-refractivity contribution >= 4 is 22.6 Å². The molecule has 7 heteroatoms. The Balaban J connectivity index is 2.89. The van der Waals surface area contributed by atoms with Gasteiger partial charge in [0, 0.05) is 36.8 Å². The summed E-state index contributed by atoms with van der Waals surface area (Å²) in [7, 11) is 3.01. The van der Waals surface area contributed by atoms with Gasteiger partial charge < -0.3 is 9.47 Å². The van der Waals surface area contributed by atoms with Crippen LogP contribution in [0.15, 0.2) is 12.1 Å². The van der Waals surface area contributed by atoms with Crippen LogP contribution in [0.4, 0.5) is 5.69 Å². The molecule has 1 aromatic carbocycles. The van der Waals surface area contributed by atoms with Gasteiger partial charge in [0.25, 0.3) is 11.6 Å². The van der Waals surface area contributed by atoms with E-state index in [1.54, 1.807) is 0 Å². The highest BCUT2D eigenvalue weighted by atomic mass is 16.6. The lowest BCUT2D eigenvalue weighted by Crippen LogP contribution is -2.21. The zero-order chi connectivity index (χ0) is 16.8. The number of amides is 1. The molecule has 0 N–H and O–H groups in total. The molecule has 0 atom stereocenters. The topological polar surface area (TPSA) is 81.3 Å². The summed E-state index contributed by atoms with van der Waals surface area (Å²) in [5, 5.41) is 11.2. The third-order valence-corrected chi connectivity index (χ3v) is 2.76. The molecule has 1 amide bonds. The van der Waals surface area contributed by atoms with Crippen LogP contribution in [0, 0.1) is 17.0 Å². The number of benzene rings is 1. The highest BCUT2D eigenvalue weighted by Crippen LogP contribution is 2.27. The number of fused-ring (bicyclic) bond motifs is 1. The van der Waals surface area contributed by atoms with Gasteiger partial charge in [0.05, 0.1) is 10.4 Å². The first kappa shape index (κ1) is 9.48. The average Bonchev–Trinajstić information content (AvgIpc) is 2.71. The van der Waals surface area contributed by atoms with Gasteiger partial charge in [-0.2, -0.15) is 0 Å². The van der Waals surface area contributed by atoms with Crippen LogP contribution in [0.25, 0.3) is 11.0 Å². The molecule has 0 spiro atoms. The standard InChI is InChI=1S/C12H14N4O3/c1-7-13-11-9(15(7)4)5-8(12(17)14(2)3)6-10(11)16(18)19/h5-6H,1-4H3/i4D3. The van der Waals surface area contributed by atoms with E-state index in [2.05, 4.69) is 4.98 Å². The molecule has 7 nitrogen and oxygen atoms in total. The molecule has 0 aliphatic heterocycles. The maximum absolute atomic E-state index is 12.1. The number of nitrogens with zero attached hydrogens (tertiary/aromatic N) is 4.